The van der Waals surface area contributed by atoms with Crippen LogP contribution in [0.5, 0.6) is 0 Å². The van der Waals surface area contributed by atoms with E-state index in [1.807, 2.05) is 0 Å². The molecule has 0 aromatic rings. The third-order valence-corrected chi connectivity index (χ3v) is 5.32. The van der Waals surface area contributed by atoms with Gasteiger partial charge < -0.3 is 0 Å². The Morgan fingerprint density at radius 3 is 2.30 bits per heavy atom. The van der Waals surface area contributed by atoms with E-state index in [-0.39, 0.29) is 0 Å². The van der Waals surface area contributed by atoms with Gasteiger partial charge in [0.1, 0.15) is 0 Å². The van der Waals surface area contributed by atoms with Crippen LogP contribution < -0.4 is 0 Å². The molecule has 2 saturated heterocycles. The molecule has 0 N–H and O–H groups in total. The second-order valence-electron chi connectivity index (χ2n) is 7.88. The molecule has 2 heteroatoms. The molecule has 118 valence electrons. The van der Waals surface area contributed by atoms with Crippen LogP contribution in [0, 0.1) is 0 Å². The summed E-state index contributed by atoms with van der Waals surface area (Å²) in [6, 6.07) is 1.67. The predicted octanol–water partition coefficient (Wildman–Crippen LogP) is 4.29. The van der Waals surface area contributed by atoms with Gasteiger partial charge in [-0.3, -0.25) is 9.80 Å². The van der Waals surface area contributed by atoms with Crippen molar-refractivity contribution in [2.24, 2.45) is 0 Å². The van der Waals surface area contributed by atoms with E-state index in [1.54, 1.807) is 0 Å². The van der Waals surface area contributed by atoms with Crippen LogP contribution in [0.15, 0.2) is 0 Å². The van der Waals surface area contributed by atoms with Crippen LogP contribution in [0.4, 0.5) is 0 Å². The Labute approximate surface area is 126 Å². The van der Waals surface area contributed by atoms with Gasteiger partial charge in [0.15, 0.2) is 0 Å². The number of likely N-dealkylation sites (tertiary alicyclic amines) is 2. The molecule has 0 spiro atoms. The molecule has 0 aromatic carbocycles. The number of nitrogens with zero attached hydrogens (tertiary/aromatic N) is 2. The fourth-order valence-electron chi connectivity index (χ4n) is 4.33. The van der Waals surface area contributed by atoms with E-state index < -0.39 is 0 Å². The van der Waals surface area contributed by atoms with E-state index in [1.165, 1.54) is 71.0 Å². The quantitative estimate of drug-likeness (QED) is 0.670. The summed E-state index contributed by atoms with van der Waals surface area (Å²) in [6.07, 6.45) is 11.3. The molecule has 0 aliphatic carbocycles. The third-order valence-electron chi connectivity index (χ3n) is 5.32. The first-order valence-electron chi connectivity index (χ1n) is 9.05. The minimum absolute atomic E-state index is 0.345. The van der Waals surface area contributed by atoms with Crippen molar-refractivity contribution >= 4 is 0 Å². The van der Waals surface area contributed by atoms with E-state index in [0.717, 1.165) is 12.1 Å². The van der Waals surface area contributed by atoms with Crippen LogP contribution in [0.1, 0.15) is 79.1 Å². The van der Waals surface area contributed by atoms with Crippen molar-refractivity contribution in [2.45, 2.75) is 96.7 Å². The number of hydrogen-bond acceptors (Lipinski definition) is 2. The van der Waals surface area contributed by atoms with E-state index >= 15 is 0 Å². The number of hydrogen-bond donors (Lipinski definition) is 0. The van der Waals surface area contributed by atoms with Crippen LogP contribution in [0.3, 0.4) is 0 Å². The molecule has 0 aromatic heterocycles. The van der Waals surface area contributed by atoms with Crippen molar-refractivity contribution in [3.05, 3.63) is 0 Å². The van der Waals surface area contributed by atoms with Crippen LogP contribution in [-0.2, 0) is 0 Å². The highest BCUT2D eigenvalue weighted by Crippen LogP contribution is 2.34. The minimum atomic E-state index is 0.345. The van der Waals surface area contributed by atoms with Crippen molar-refractivity contribution in [1.29, 1.82) is 0 Å². The monoisotopic (exact) mass is 280 g/mol. The van der Waals surface area contributed by atoms with E-state index in [0.29, 0.717) is 5.54 Å². The minimum Gasteiger partial charge on any atom is -0.299 e. The molecule has 2 fully saturated rings. The maximum atomic E-state index is 2.82. The van der Waals surface area contributed by atoms with Gasteiger partial charge in [0.25, 0.3) is 0 Å². The second-order valence-corrected chi connectivity index (χ2v) is 7.88. The van der Waals surface area contributed by atoms with Gasteiger partial charge in [-0.05, 0) is 72.5 Å². The zero-order valence-electron chi connectivity index (χ0n) is 14.3. The Hall–Kier alpha value is -0.0800. The van der Waals surface area contributed by atoms with Crippen molar-refractivity contribution in [3.63, 3.8) is 0 Å². The van der Waals surface area contributed by atoms with Crippen LogP contribution >= 0.6 is 0 Å². The van der Waals surface area contributed by atoms with Gasteiger partial charge in [0.2, 0.25) is 0 Å². The van der Waals surface area contributed by atoms with Crippen LogP contribution in [-0.4, -0.2) is 47.1 Å². The zero-order chi connectivity index (χ0) is 14.6. The van der Waals surface area contributed by atoms with Gasteiger partial charge in [-0.25, -0.2) is 0 Å². The average molecular weight is 280 g/mol. The van der Waals surface area contributed by atoms with Crippen molar-refractivity contribution in [1.82, 2.24) is 9.80 Å². The first-order valence-corrected chi connectivity index (χ1v) is 9.05. The molecule has 0 amide bonds. The second kappa shape index (κ2) is 7.26. The molecule has 0 radical (unpaired) electrons. The Morgan fingerprint density at radius 2 is 1.60 bits per heavy atom. The molecule has 2 aliphatic heterocycles. The Bertz CT molecular complexity index is 282. The predicted molar refractivity (Wildman–Crippen MR) is 88.2 cm³/mol. The maximum absolute atomic E-state index is 2.82. The summed E-state index contributed by atoms with van der Waals surface area (Å²) in [5.41, 5.74) is 0.345. The lowest BCUT2D eigenvalue weighted by atomic mass is 9.98. The van der Waals surface area contributed by atoms with Crippen LogP contribution in [0.25, 0.3) is 0 Å². The standard InChI is InChI=1S/C18H36N2/c1-5-6-7-8-13-19-14-9-11-16(19)17-12-10-15-20(17)18(2,3)4/h16-17H,5-15H2,1-4H3. The highest BCUT2D eigenvalue weighted by atomic mass is 15.3. The largest absolute Gasteiger partial charge is 0.299 e. The summed E-state index contributed by atoms with van der Waals surface area (Å²) in [4.78, 5) is 5.62. The molecule has 2 nitrogen and oxygen atoms in total. The van der Waals surface area contributed by atoms with Gasteiger partial charge in [0.05, 0.1) is 0 Å². The van der Waals surface area contributed by atoms with Gasteiger partial charge in [0, 0.05) is 17.6 Å². The molecule has 2 unspecified atom stereocenters. The molecule has 0 bridgehead atoms. The summed E-state index contributed by atoms with van der Waals surface area (Å²) < 4.78 is 0. The highest BCUT2D eigenvalue weighted by Gasteiger charge is 2.41. The summed E-state index contributed by atoms with van der Waals surface area (Å²) in [6.45, 7) is 13.5. The van der Waals surface area contributed by atoms with Gasteiger partial charge >= 0.3 is 0 Å². The molecule has 2 rings (SSSR count). The average Bonchev–Trinajstić information content (AvgIpc) is 3.01. The van der Waals surface area contributed by atoms with Crippen molar-refractivity contribution in [3.8, 4) is 0 Å². The number of rotatable bonds is 6. The summed E-state index contributed by atoms with van der Waals surface area (Å²) >= 11 is 0. The first kappa shape index (κ1) is 16.3. The molecular formula is C18H36N2. The van der Waals surface area contributed by atoms with E-state index in [2.05, 4.69) is 37.5 Å². The highest BCUT2D eigenvalue weighted by molar-refractivity contribution is 4.97. The number of unbranched alkanes of at least 4 members (excludes halogenated alkanes) is 3. The Kier molecular flexibility index (Phi) is 5.92. The Morgan fingerprint density at radius 1 is 0.900 bits per heavy atom. The lowest BCUT2D eigenvalue weighted by molar-refractivity contribution is 0.0649. The smallest absolute Gasteiger partial charge is 0.0257 e. The lowest BCUT2D eigenvalue weighted by Crippen LogP contribution is -2.52. The topological polar surface area (TPSA) is 6.48 Å². The van der Waals surface area contributed by atoms with Gasteiger partial charge in [-0.2, -0.15) is 0 Å². The maximum Gasteiger partial charge on any atom is 0.0257 e. The normalized spacial score (nSPS) is 29.4. The first-order chi connectivity index (χ1) is 9.54. The fraction of sp³-hybridized carbons (Fsp3) is 1.00. The van der Waals surface area contributed by atoms with Gasteiger partial charge in [-0.15, -0.1) is 0 Å². The molecule has 0 saturated carbocycles. The third kappa shape index (κ3) is 3.98. The van der Waals surface area contributed by atoms with E-state index in [9.17, 15) is 0 Å². The molecule has 2 aliphatic rings. The summed E-state index contributed by atoms with van der Waals surface area (Å²) in [5.74, 6) is 0. The molecule has 20 heavy (non-hydrogen) atoms. The van der Waals surface area contributed by atoms with Crippen molar-refractivity contribution < 1.29 is 0 Å². The Balaban J connectivity index is 1.89. The lowest BCUT2D eigenvalue weighted by Gasteiger charge is -2.42. The van der Waals surface area contributed by atoms with Crippen molar-refractivity contribution in [2.75, 3.05) is 19.6 Å². The van der Waals surface area contributed by atoms with Crippen LogP contribution in [0.2, 0.25) is 0 Å². The molecule has 2 atom stereocenters. The molecular weight excluding hydrogens is 244 g/mol. The van der Waals surface area contributed by atoms with Gasteiger partial charge in [-0.1, -0.05) is 26.2 Å². The fourth-order valence-corrected chi connectivity index (χ4v) is 4.33. The summed E-state index contributed by atoms with van der Waals surface area (Å²) in [7, 11) is 0. The zero-order valence-corrected chi connectivity index (χ0v) is 14.3. The van der Waals surface area contributed by atoms with E-state index in [4.69, 9.17) is 0 Å². The SMILES string of the molecule is CCCCCCN1CCCC1C1CCCN1C(C)(C)C. The summed E-state index contributed by atoms with van der Waals surface area (Å²) in [5, 5.41) is 0. The molecule has 2 heterocycles.